The lowest BCUT2D eigenvalue weighted by atomic mass is 9.87. The first-order chi connectivity index (χ1) is 13.6. The fourth-order valence-electron chi connectivity index (χ4n) is 2.12. The molecular weight excluding hydrogens is 417 g/mol. The molecular formula is C18H36N3O8P. The van der Waals surface area contributed by atoms with Crippen LogP contribution in [0.5, 0.6) is 0 Å². The standard InChI is InChI=1S/C18H36N3O8P/c1-13(21-27-7)8-10-19-14(22)9-11-20-16(24)15(23)18(5,6)12-28-30(25,26)29-17(2,3)4/h15,23H,8-12H2,1-7H3,(H,19,22)(H,20,24)(H,25,26)/b21-13+/t15-/m1/s1. The molecule has 0 aromatic heterocycles. The number of nitrogens with one attached hydrogen (secondary N) is 2. The Kier molecular flexibility index (Phi) is 11.7. The summed E-state index contributed by atoms with van der Waals surface area (Å²) in [6.07, 6.45) is -0.962. The summed E-state index contributed by atoms with van der Waals surface area (Å²) in [6.45, 7) is 9.58. The molecule has 0 aliphatic heterocycles. The van der Waals surface area contributed by atoms with E-state index in [2.05, 4.69) is 20.6 Å². The second-order valence-electron chi connectivity index (χ2n) is 8.49. The zero-order valence-electron chi connectivity index (χ0n) is 18.9. The molecule has 0 aliphatic rings. The normalized spacial score (nSPS) is 15.8. The highest BCUT2D eigenvalue weighted by Crippen LogP contribution is 2.48. The Bertz CT molecular complexity index is 646. The average molecular weight is 453 g/mol. The summed E-state index contributed by atoms with van der Waals surface area (Å²) in [5, 5.41) is 19.1. The van der Waals surface area contributed by atoms with Crippen LogP contribution in [0.1, 0.15) is 54.4 Å². The average Bonchev–Trinajstić information content (AvgIpc) is 2.57. The van der Waals surface area contributed by atoms with E-state index >= 15 is 0 Å². The molecule has 2 amide bonds. The molecule has 0 aromatic carbocycles. The predicted octanol–water partition coefficient (Wildman–Crippen LogP) is 1.34. The maximum Gasteiger partial charge on any atom is 0.472 e. The number of hydrogen-bond acceptors (Lipinski definition) is 8. The molecule has 0 fully saturated rings. The third-order valence-corrected chi connectivity index (χ3v) is 4.92. The fourth-order valence-corrected chi connectivity index (χ4v) is 3.36. The van der Waals surface area contributed by atoms with E-state index < -0.39 is 37.5 Å². The number of nitrogens with zero attached hydrogens (tertiary/aromatic N) is 1. The van der Waals surface area contributed by atoms with Crippen molar-refractivity contribution in [3.8, 4) is 0 Å². The summed E-state index contributed by atoms with van der Waals surface area (Å²) >= 11 is 0. The molecule has 0 saturated heterocycles. The lowest BCUT2D eigenvalue weighted by Crippen LogP contribution is -2.46. The van der Waals surface area contributed by atoms with Crippen molar-refractivity contribution in [2.45, 2.75) is 66.1 Å². The molecule has 12 heteroatoms. The van der Waals surface area contributed by atoms with Gasteiger partial charge in [-0.3, -0.25) is 18.6 Å². The van der Waals surface area contributed by atoms with Gasteiger partial charge in [-0.2, -0.15) is 0 Å². The van der Waals surface area contributed by atoms with E-state index in [9.17, 15) is 24.2 Å². The van der Waals surface area contributed by atoms with Gasteiger partial charge in [-0.15, -0.1) is 0 Å². The van der Waals surface area contributed by atoms with E-state index in [1.54, 1.807) is 27.7 Å². The van der Waals surface area contributed by atoms with E-state index in [1.807, 2.05) is 0 Å². The van der Waals surface area contributed by atoms with Gasteiger partial charge < -0.3 is 25.5 Å². The van der Waals surface area contributed by atoms with E-state index in [4.69, 9.17) is 9.05 Å². The van der Waals surface area contributed by atoms with Crippen molar-refractivity contribution in [1.29, 1.82) is 0 Å². The van der Waals surface area contributed by atoms with Crippen LogP contribution in [-0.2, 0) is 28.0 Å². The van der Waals surface area contributed by atoms with Crippen molar-refractivity contribution in [1.82, 2.24) is 10.6 Å². The number of phosphoric ester groups is 1. The molecule has 0 radical (unpaired) electrons. The first kappa shape index (κ1) is 28.5. The number of rotatable bonds is 13. The Hall–Kier alpha value is -1.52. The molecule has 176 valence electrons. The summed E-state index contributed by atoms with van der Waals surface area (Å²) in [5.74, 6) is -0.984. The quantitative estimate of drug-likeness (QED) is 0.185. The van der Waals surface area contributed by atoms with Crippen LogP contribution >= 0.6 is 7.82 Å². The minimum atomic E-state index is -4.35. The van der Waals surface area contributed by atoms with Crippen LogP contribution in [0.3, 0.4) is 0 Å². The Morgan fingerprint density at radius 2 is 1.67 bits per heavy atom. The monoisotopic (exact) mass is 453 g/mol. The maximum atomic E-state index is 12.2. The molecule has 0 heterocycles. The van der Waals surface area contributed by atoms with Crippen LogP contribution in [0.25, 0.3) is 0 Å². The second kappa shape index (κ2) is 12.4. The van der Waals surface area contributed by atoms with Crippen LogP contribution in [0.2, 0.25) is 0 Å². The van der Waals surface area contributed by atoms with Gasteiger partial charge in [-0.25, -0.2) is 4.57 Å². The van der Waals surface area contributed by atoms with Gasteiger partial charge in [0.1, 0.15) is 13.2 Å². The fraction of sp³-hybridized carbons (Fsp3) is 0.833. The Labute approximate surface area is 178 Å². The molecule has 1 unspecified atom stereocenters. The maximum absolute atomic E-state index is 12.2. The lowest BCUT2D eigenvalue weighted by Gasteiger charge is -2.31. The minimum absolute atomic E-state index is 0.0232. The SMILES string of the molecule is CO/N=C(\C)CCNC(=O)CCNC(=O)[C@@H](O)C(C)(C)COP(=O)(O)OC(C)(C)C. The van der Waals surface area contributed by atoms with Gasteiger partial charge in [0.2, 0.25) is 11.8 Å². The van der Waals surface area contributed by atoms with Crippen molar-refractivity contribution in [3.05, 3.63) is 0 Å². The van der Waals surface area contributed by atoms with Gasteiger partial charge >= 0.3 is 7.82 Å². The smallest absolute Gasteiger partial charge is 0.399 e. The van der Waals surface area contributed by atoms with Gasteiger partial charge in [0.25, 0.3) is 0 Å². The summed E-state index contributed by atoms with van der Waals surface area (Å²) < 4.78 is 21.8. The molecule has 11 nitrogen and oxygen atoms in total. The molecule has 0 spiro atoms. The molecule has 30 heavy (non-hydrogen) atoms. The van der Waals surface area contributed by atoms with Crippen molar-refractivity contribution < 1.29 is 38.0 Å². The first-order valence-corrected chi connectivity index (χ1v) is 11.1. The van der Waals surface area contributed by atoms with Gasteiger partial charge in [-0.05, 0) is 27.7 Å². The topological polar surface area (TPSA) is 156 Å². The van der Waals surface area contributed by atoms with Crippen molar-refractivity contribution >= 4 is 25.3 Å². The number of oxime groups is 1. The van der Waals surface area contributed by atoms with Crippen molar-refractivity contribution in [2.75, 3.05) is 26.8 Å². The first-order valence-electron chi connectivity index (χ1n) is 9.57. The van der Waals surface area contributed by atoms with Gasteiger partial charge in [0.05, 0.1) is 17.9 Å². The number of amides is 2. The van der Waals surface area contributed by atoms with E-state index in [0.29, 0.717) is 13.0 Å². The third kappa shape index (κ3) is 12.9. The number of aliphatic hydroxyl groups is 1. The summed E-state index contributed by atoms with van der Waals surface area (Å²) in [5.41, 5.74) is -1.34. The van der Waals surface area contributed by atoms with Crippen LogP contribution in [-0.4, -0.2) is 66.0 Å². The largest absolute Gasteiger partial charge is 0.472 e. The molecule has 0 rings (SSSR count). The summed E-state index contributed by atoms with van der Waals surface area (Å²) in [6, 6.07) is 0. The van der Waals surface area contributed by atoms with Crippen molar-refractivity contribution in [3.63, 3.8) is 0 Å². The molecule has 0 saturated carbocycles. The Morgan fingerprint density at radius 3 is 2.20 bits per heavy atom. The molecule has 0 aromatic rings. The molecule has 0 bridgehead atoms. The second-order valence-corrected chi connectivity index (χ2v) is 9.86. The highest BCUT2D eigenvalue weighted by atomic mass is 31.2. The van der Waals surface area contributed by atoms with Gasteiger partial charge in [0, 0.05) is 31.3 Å². The number of carbonyl (C=O) groups is 2. The van der Waals surface area contributed by atoms with Gasteiger partial charge in [0.15, 0.2) is 0 Å². The van der Waals surface area contributed by atoms with Crippen molar-refractivity contribution in [2.24, 2.45) is 10.6 Å². The Balaban J connectivity index is 4.39. The number of phosphoric acid groups is 1. The summed E-state index contributed by atoms with van der Waals surface area (Å²) in [7, 11) is -2.91. The Morgan fingerprint density at radius 1 is 1.10 bits per heavy atom. The highest BCUT2D eigenvalue weighted by Gasteiger charge is 2.38. The zero-order valence-corrected chi connectivity index (χ0v) is 19.7. The van der Waals surface area contributed by atoms with Crippen LogP contribution in [0, 0.1) is 5.41 Å². The number of hydrogen-bond donors (Lipinski definition) is 4. The summed E-state index contributed by atoms with van der Waals surface area (Å²) in [4.78, 5) is 38.3. The molecule has 2 atom stereocenters. The molecule has 0 aliphatic carbocycles. The predicted molar refractivity (Wildman–Crippen MR) is 112 cm³/mol. The lowest BCUT2D eigenvalue weighted by molar-refractivity contribution is -0.137. The van der Waals surface area contributed by atoms with Crippen LogP contribution < -0.4 is 10.6 Å². The van der Waals surface area contributed by atoms with E-state index in [-0.39, 0.29) is 18.9 Å². The van der Waals surface area contributed by atoms with Crippen LogP contribution in [0.15, 0.2) is 5.16 Å². The highest BCUT2D eigenvalue weighted by molar-refractivity contribution is 7.47. The third-order valence-electron chi connectivity index (χ3n) is 3.68. The van der Waals surface area contributed by atoms with E-state index in [0.717, 1.165) is 5.71 Å². The molecule has 4 N–H and O–H groups in total. The minimum Gasteiger partial charge on any atom is -0.399 e. The van der Waals surface area contributed by atoms with Gasteiger partial charge in [-0.1, -0.05) is 19.0 Å². The number of aliphatic hydroxyl groups excluding tert-OH is 1. The zero-order chi connectivity index (χ0) is 23.6. The van der Waals surface area contributed by atoms with Crippen LogP contribution in [0.4, 0.5) is 0 Å². The van der Waals surface area contributed by atoms with E-state index in [1.165, 1.54) is 21.0 Å². The number of carbonyl (C=O) groups excluding carboxylic acids is 2.